The average Bonchev–Trinajstić information content (AvgIpc) is 3.25. The predicted molar refractivity (Wildman–Crippen MR) is 131 cm³/mol. The molecular formula is C23H22N6O5S. The Morgan fingerprint density at radius 3 is 2.54 bits per heavy atom. The quantitative estimate of drug-likeness (QED) is 0.300. The molecule has 0 radical (unpaired) electrons. The number of rotatable bonds is 9. The first-order chi connectivity index (χ1) is 17.0. The van der Waals surface area contributed by atoms with Crippen molar-refractivity contribution in [2.45, 2.75) is 11.6 Å². The molecule has 0 saturated heterocycles. The number of aromatic amines is 2. The Bertz CT molecular complexity index is 1420. The Hall–Kier alpha value is -4.32. The van der Waals surface area contributed by atoms with Crippen LogP contribution in [-0.2, 0) is 11.2 Å². The molecule has 12 heteroatoms. The molecule has 0 saturated carbocycles. The summed E-state index contributed by atoms with van der Waals surface area (Å²) >= 11 is 1.20. The number of thioether (sulfide) groups is 1. The summed E-state index contributed by atoms with van der Waals surface area (Å²) in [5.41, 5.74) is 0.583. The predicted octanol–water partition coefficient (Wildman–Crippen LogP) is 1.98. The fraction of sp³-hybridized carbons (Fsp3) is 0.174. The third-order valence-corrected chi connectivity index (χ3v) is 5.82. The summed E-state index contributed by atoms with van der Waals surface area (Å²) in [4.78, 5) is 40.8. The summed E-state index contributed by atoms with van der Waals surface area (Å²) in [7, 11) is 3.06. The molecule has 180 valence electrons. The molecule has 0 bridgehead atoms. The van der Waals surface area contributed by atoms with E-state index in [1.165, 1.54) is 24.9 Å². The van der Waals surface area contributed by atoms with E-state index in [0.717, 1.165) is 5.69 Å². The van der Waals surface area contributed by atoms with Crippen molar-refractivity contribution >= 4 is 23.4 Å². The molecule has 0 unspecified atom stereocenters. The lowest BCUT2D eigenvalue weighted by Crippen LogP contribution is -2.23. The molecule has 0 aliphatic rings. The van der Waals surface area contributed by atoms with E-state index >= 15 is 0 Å². The second-order valence-corrected chi connectivity index (χ2v) is 8.21. The normalized spacial score (nSPS) is 10.7. The van der Waals surface area contributed by atoms with Crippen LogP contribution in [0.4, 0.5) is 5.69 Å². The fourth-order valence-electron chi connectivity index (χ4n) is 3.35. The van der Waals surface area contributed by atoms with Gasteiger partial charge in [0, 0.05) is 29.9 Å². The van der Waals surface area contributed by atoms with Gasteiger partial charge in [0.1, 0.15) is 17.3 Å². The number of benzene rings is 2. The van der Waals surface area contributed by atoms with Crippen LogP contribution in [0.15, 0.2) is 69.3 Å². The average molecular weight is 495 g/mol. The molecule has 0 fully saturated rings. The maximum Gasteiger partial charge on any atom is 0.325 e. The minimum Gasteiger partial charge on any atom is -0.497 e. The van der Waals surface area contributed by atoms with Gasteiger partial charge in [0.25, 0.3) is 5.56 Å². The van der Waals surface area contributed by atoms with Gasteiger partial charge in [0.2, 0.25) is 5.91 Å². The monoisotopic (exact) mass is 494 g/mol. The molecule has 2 heterocycles. The summed E-state index contributed by atoms with van der Waals surface area (Å²) in [6, 6.07) is 15.8. The smallest absolute Gasteiger partial charge is 0.325 e. The van der Waals surface area contributed by atoms with Gasteiger partial charge in [-0.2, -0.15) is 0 Å². The van der Waals surface area contributed by atoms with Crippen LogP contribution in [0, 0.1) is 0 Å². The van der Waals surface area contributed by atoms with Gasteiger partial charge in [-0.25, -0.2) is 4.79 Å². The largest absolute Gasteiger partial charge is 0.497 e. The Labute approximate surface area is 203 Å². The second kappa shape index (κ2) is 10.7. The fourth-order valence-corrected chi connectivity index (χ4v) is 4.12. The highest BCUT2D eigenvalue weighted by Crippen LogP contribution is 2.29. The zero-order valence-electron chi connectivity index (χ0n) is 18.9. The van der Waals surface area contributed by atoms with Crippen LogP contribution < -0.4 is 26.0 Å². The lowest BCUT2D eigenvalue weighted by atomic mass is 10.2. The minimum atomic E-state index is -0.599. The number of nitrogens with zero attached hydrogens (tertiary/aromatic N) is 3. The zero-order chi connectivity index (χ0) is 24.8. The van der Waals surface area contributed by atoms with E-state index in [1.54, 1.807) is 29.9 Å². The lowest BCUT2D eigenvalue weighted by molar-refractivity contribution is -0.113. The number of H-pyrrole nitrogens is 2. The molecule has 0 spiro atoms. The van der Waals surface area contributed by atoms with Crippen molar-refractivity contribution in [2.24, 2.45) is 0 Å². The van der Waals surface area contributed by atoms with Crippen LogP contribution in [0.3, 0.4) is 0 Å². The topological polar surface area (TPSA) is 144 Å². The number of carbonyl (C=O) groups excluding carboxylic acids is 1. The molecule has 3 N–H and O–H groups in total. The molecule has 0 atom stereocenters. The second-order valence-electron chi connectivity index (χ2n) is 7.26. The van der Waals surface area contributed by atoms with Gasteiger partial charge in [0.05, 0.1) is 25.7 Å². The van der Waals surface area contributed by atoms with Crippen LogP contribution >= 0.6 is 11.8 Å². The van der Waals surface area contributed by atoms with E-state index in [2.05, 4.69) is 25.5 Å². The van der Waals surface area contributed by atoms with Gasteiger partial charge in [-0.3, -0.25) is 19.1 Å². The Morgan fingerprint density at radius 2 is 1.83 bits per heavy atom. The first-order valence-corrected chi connectivity index (χ1v) is 11.4. The van der Waals surface area contributed by atoms with E-state index in [0.29, 0.717) is 33.9 Å². The molecule has 1 amide bonds. The van der Waals surface area contributed by atoms with Gasteiger partial charge in [-0.05, 0) is 24.3 Å². The van der Waals surface area contributed by atoms with Crippen molar-refractivity contribution in [1.82, 2.24) is 24.7 Å². The van der Waals surface area contributed by atoms with Gasteiger partial charge < -0.3 is 19.8 Å². The molecular weight excluding hydrogens is 472 g/mol. The molecule has 2 aromatic heterocycles. The summed E-state index contributed by atoms with van der Waals surface area (Å²) in [6.07, 6.45) is 0.164. The SMILES string of the molecule is COc1ccc(NC(=O)CSc2nnc(Cc3cc(=O)[nH]c(=O)[nH]3)n2-c2ccccc2)c(OC)c1. The Balaban J connectivity index is 1.55. The van der Waals surface area contributed by atoms with Gasteiger partial charge >= 0.3 is 5.69 Å². The third-order valence-electron chi connectivity index (χ3n) is 4.89. The van der Waals surface area contributed by atoms with E-state index < -0.39 is 11.2 Å². The number of nitrogens with one attached hydrogen (secondary N) is 3. The molecule has 4 aromatic rings. The first-order valence-electron chi connectivity index (χ1n) is 10.4. The van der Waals surface area contributed by atoms with Crippen LogP contribution in [0.2, 0.25) is 0 Å². The molecule has 11 nitrogen and oxygen atoms in total. The number of para-hydroxylation sites is 1. The van der Waals surface area contributed by atoms with Crippen molar-refractivity contribution in [3.63, 3.8) is 0 Å². The van der Waals surface area contributed by atoms with Crippen LogP contribution in [0.5, 0.6) is 11.5 Å². The number of hydrogen-bond donors (Lipinski definition) is 3. The van der Waals surface area contributed by atoms with Crippen LogP contribution in [0.25, 0.3) is 5.69 Å². The number of ether oxygens (including phenoxy) is 2. The first kappa shape index (κ1) is 23.8. The van der Waals surface area contributed by atoms with Crippen molar-refractivity contribution in [3.8, 4) is 17.2 Å². The molecule has 0 aliphatic heterocycles. The lowest BCUT2D eigenvalue weighted by Gasteiger charge is -2.12. The van der Waals surface area contributed by atoms with Crippen molar-refractivity contribution < 1.29 is 14.3 Å². The highest BCUT2D eigenvalue weighted by Gasteiger charge is 2.17. The number of carbonyl (C=O) groups is 1. The number of amides is 1. The highest BCUT2D eigenvalue weighted by atomic mass is 32.2. The van der Waals surface area contributed by atoms with E-state index in [1.807, 2.05) is 30.3 Å². The van der Waals surface area contributed by atoms with E-state index in [-0.39, 0.29) is 18.1 Å². The molecule has 4 rings (SSSR count). The van der Waals surface area contributed by atoms with E-state index in [4.69, 9.17) is 9.47 Å². The zero-order valence-corrected chi connectivity index (χ0v) is 19.7. The highest BCUT2D eigenvalue weighted by molar-refractivity contribution is 7.99. The van der Waals surface area contributed by atoms with Gasteiger partial charge in [-0.1, -0.05) is 30.0 Å². The number of anilines is 1. The maximum absolute atomic E-state index is 12.7. The summed E-state index contributed by atoms with van der Waals surface area (Å²) in [5.74, 6) is 1.38. The number of aromatic nitrogens is 5. The van der Waals surface area contributed by atoms with Crippen molar-refractivity contribution in [2.75, 3.05) is 25.3 Å². The Kier molecular flexibility index (Phi) is 7.31. The van der Waals surface area contributed by atoms with Gasteiger partial charge in [0.15, 0.2) is 5.16 Å². The minimum absolute atomic E-state index is 0.0575. The molecule has 2 aromatic carbocycles. The van der Waals surface area contributed by atoms with Crippen molar-refractivity contribution in [1.29, 1.82) is 0 Å². The molecule has 35 heavy (non-hydrogen) atoms. The Morgan fingerprint density at radius 1 is 1.03 bits per heavy atom. The third kappa shape index (κ3) is 5.79. The summed E-state index contributed by atoms with van der Waals surface area (Å²) in [6.45, 7) is 0. The van der Waals surface area contributed by atoms with Gasteiger partial charge in [-0.15, -0.1) is 10.2 Å². The van der Waals surface area contributed by atoms with Crippen molar-refractivity contribution in [3.05, 3.63) is 87.0 Å². The summed E-state index contributed by atoms with van der Waals surface area (Å²) in [5, 5.41) is 11.8. The van der Waals surface area contributed by atoms with E-state index in [9.17, 15) is 14.4 Å². The maximum atomic E-state index is 12.7. The molecule has 0 aliphatic carbocycles. The van der Waals surface area contributed by atoms with Crippen LogP contribution in [0.1, 0.15) is 11.5 Å². The number of hydrogen-bond acceptors (Lipinski definition) is 8. The van der Waals surface area contributed by atoms with Crippen LogP contribution in [-0.4, -0.2) is 50.6 Å². The number of methoxy groups -OCH3 is 2. The summed E-state index contributed by atoms with van der Waals surface area (Å²) < 4.78 is 12.3. The standard InChI is InChI=1S/C23H22N6O5S/c1-33-16-8-9-17(18(12-16)34-2)25-21(31)13-35-23-28-27-19(29(23)15-6-4-3-5-7-15)10-14-11-20(30)26-22(32)24-14/h3-9,11-12H,10,13H2,1-2H3,(H,25,31)(H2,24,26,30,32).